The van der Waals surface area contributed by atoms with Gasteiger partial charge in [-0.05, 0) is 72.6 Å². The van der Waals surface area contributed by atoms with Crippen LogP contribution in [-0.4, -0.2) is 39.0 Å². The second-order valence-electron chi connectivity index (χ2n) is 10.5. The van der Waals surface area contributed by atoms with Crippen molar-refractivity contribution in [1.82, 2.24) is 20.6 Å². The molecule has 4 rings (SSSR count). The summed E-state index contributed by atoms with van der Waals surface area (Å²) in [5.74, 6) is -0.418. The van der Waals surface area contributed by atoms with E-state index in [-0.39, 0.29) is 46.9 Å². The van der Waals surface area contributed by atoms with Crippen molar-refractivity contribution >= 4 is 11.8 Å². The zero-order valence-corrected chi connectivity index (χ0v) is 20.3. The molecule has 2 aromatic rings. The summed E-state index contributed by atoms with van der Waals surface area (Å²) in [6.07, 6.45) is 9.76. The molecule has 7 atom stereocenters. The molecule has 7 unspecified atom stereocenters. The van der Waals surface area contributed by atoms with Gasteiger partial charge in [0, 0.05) is 48.9 Å². The van der Waals surface area contributed by atoms with Crippen LogP contribution in [0.1, 0.15) is 62.4 Å². The zero-order chi connectivity index (χ0) is 24.3. The number of aromatic nitrogens is 2. The monoisotopic (exact) mass is 464 g/mol. The second-order valence-corrected chi connectivity index (χ2v) is 10.5. The molecule has 0 aromatic carbocycles. The zero-order valence-electron chi connectivity index (χ0n) is 20.3. The molecule has 0 bridgehead atoms. The van der Waals surface area contributed by atoms with Crippen LogP contribution in [0, 0.1) is 29.1 Å². The van der Waals surface area contributed by atoms with Crippen LogP contribution < -0.4 is 10.6 Å². The molecule has 2 heterocycles. The molecule has 0 spiro atoms. The van der Waals surface area contributed by atoms with Crippen molar-refractivity contribution in [3.63, 3.8) is 0 Å². The van der Waals surface area contributed by atoms with E-state index in [1.807, 2.05) is 19.1 Å². The van der Waals surface area contributed by atoms with Gasteiger partial charge >= 0.3 is 0 Å². The maximum absolute atomic E-state index is 12.9. The van der Waals surface area contributed by atoms with E-state index in [9.17, 15) is 14.7 Å². The van der Waals surface area contributed by atoms with E-state index in [2.05, 4.69) is 34.4 Å². The lowest BCUT2D eigenvalue weighted by Crippen LogP contribution is -2.58. The predicted molar refractivity (Wildman–Crippen MR) is 129 cm³/mol. The van der Waals surface area contributed by atoms with Crippen molar-refractivity contribution in [2.75, 3.05) is 0 Å². The van der Waals surface area contributed by atoms with Crippen LogP contribution in [0.2, 0.25) is 0 Å². The Bertz CT molecular complexity index is 986. The molecule has 0 radical (unpaired) electrons. The van der Waals surface area contributed by atoms with Gasteiger partial charge in [0.1, 0.15) is 0 Å². The highest BCUT2D eigenvalue weighted by atomic mass is 16.3. The van der Waals surface area contributed by atoms with Gasteiger partial charge in [0.2, 0.25) is 5.91 Å². The molecule has 0 saturated heterocycles. The average Bonchev–Trinajstić information content (AvgIpc) is 2.85. The van der Waals surface area contributed by atoms with Crippen LogP contribution in [-0.2, 0) is 11.3 Å². The van der Waals surface area contributed by atoms with Crippen LogP contribution in [0.15, 0.2) is 49.1 Å². The fourth-order valence-corrected chi connectivity index (χ4v) is 6.30. The first kappa shape index (κ1) is 24.3. The average molecular weight is 465 g/mol. The maximum Gasteiger partial charge on any atom is 0.251 e. The van der Waals surface area contributed by atoms with E-state index in [4.69, 9.17) is 0 Å². The summed E-state index contributed by atoms with van der Waals surface area (Å²) < 4.78 is 0. The highest BCUT2D eigenvalue weighted by Gasteiger charge is 2.53. The highest BCUT2D eigenvalue weighted by molar-refractivity contribution is 5.94. The van der Waals surface area contributed by atoms with Gasteiger partial charge in [-0.1, -0.05) is 26.8 Å². The summed E-state index contributed by atoms with van der Waals surface area (Å²) in [4.78, 5) is 33.8. The number of pyridine rings is 2. The van der Waals surface area contributed by atoms with Gasteiger partial charge in [-0.2, -0.15) is 0 Å². The van der Waals surface area contributed by atoms with E-state index in [1.165, 1.54) is 0 Å². The molecule has 7 heteroatoms. The third-order valence-corrected chi connectivity index (χ3v) is 8.39. The molecule has 2 aliphatic rings. The molecule has 182 valence electrons. The minimum atomic E-state index is -0.589. The minimum Gasteiger partial charge on any atom is -0.392 e. The summed E-state index contributed by atoms with van der Waals surface area (Å²) in [6, 6.07) is 7.20. The van der Waals surface area contributed by atoms with Gasteiger partial charge in [0.15, 0.2) is 0 Å². The van der Waals surface area contributed by atoms with Crippen LogP contribution >= 0.6 is 0 Å². The number of carbonyl (C=O) groups is 2. The molecular weight excluding hydrogens is 428 g/mol. The molecule has 34 heavy (non-hydrogen) atoms. The number of rotatable bonds is 6. The van der Waals surface area contributed by atoms with Gasteiger partial charge in [-0.15, -0.1) is 0 Å². The smallest absolute Gasteiger partial charge is 0.251 e. The summed E-state index contributed by atoms with van der Waals surface area (Å²) in [5.41, 5.74) is 1.56. The molecule has 7 nitrogen and oxygen atoms in total. The molecule has 2 aromatic heterocycles. The van der Waals surface area contributed by atoms with Crippen molar-refractivity contribution in [3.8, 4) is 0 Å². The van der Waals surface area contributed by atoms with E-state index in [0.717, 1.165) is 31.2 Å². The van der Waals surface area contributed by atoms with Crippen LogP contribution in [0.3, 0.4) is 0 Å². The molecule has 2 saturated carbocycles. The highest BCUT2D eigenvalue weighted by Crippen LogP contribution is 2.55. The third-order valence-electron chi connectivity index (χ3n) is 8.39. The summed E-state index contributed by atoms with van der Waals surface area (Å²) >= 11 is 0. The summed E-state index contributed by atoms with van der Waals surface area (Å²) in [6.45, 7) is 6.76. The summed E-state index contributed by atoms with van der Waals surface area (Å²) in [5, 5.41) is 17.8. The van der Waals surface area contributed by atoms with Crippen molar-refractivity contribution in [3.05, 3.63) is 60.2 Å². The lowest BCUT2D eigenvalue weighted by Gasteiger charge is -2.56. The second kappa shape index (κ2) is 10.2. The minimum absolute atomic E-state index is 0.0122. The Morgan fingerprint density at radius 1 is 1.15 bits per heavy atom. The number of nitrogens with one attached hydrogen (secondary N) is 2. The normalized spacial score (nSPS) is 31.7. The summed E-state index contributed by atoms with van der Waals surface area (Å²) in [7, 11) is 0. The van der Waals surface area contributed by atoms with Crippen molar-refractivity contribution in [2.24, 2.45) is 29.1 Å². The molecule has 2 aliphatic carbocycles. The fraction of sp³-hybridized carbons (Fsp3) is 0.556. The Kier molecular flexibility index (Phi) is 7.31. The van der Waals surface area contributed by atoms with Crippen LogP contribution in [0.5, 0.6) is 0 Å². The number of hydrogen-bond donors (Lipinski definition) is 3. The SMILES string of the molecule is CC(C(=O)NCc1cccnc1)C1CCC2(C)CCC(NC(=O)c3ccncc3)C(C)C2C1O. The van der Waals surface area contributed by atoms with Crippen molar-refractivity contribution in [2.45, 2.75) is 65.1 Å². The number of hydrogen-bond acceptors (Lipinski definition) is 5. The molecule has 2 fully saturated rings. The Morgan fingerprint density at radius 3 is 2.59 bits per heavy atom. The standard InChI is InChI=1S/C27H36N4O3/c1-17(25(33)30-16-19-5-4-12-29-15-19)21-6-10-27(3)11-7-22(18(2)23(27)24(21)32)31-26(34)20-8-13-28-14-9-20/h4-5,8-9,12-15,17-18,21-24,32H,6-7,10-11,16H2,1-3H3,(H,30,33)(H,31,34). The van der Waals surface area contributed by atoms with E-state index in [0.29, 0.717) is 12.1 Å². The van der Waals surface area contributed by atoms with Crippen LogP contribution in [0.25, 0.3) is 0 Å². The van der Waals surface area contributed by atoms with Gasteiger partial charge in [0.25, 0.3) is 5.91 Å². The molecule has 3 N–H and O–H groups in total. The van der Waals surface area contributed by atoms with Gasteiger partial charge in [-0.25, -0.2) is 0 Å². The first-order valence-corrected chi connectivity index (χ1v) is 12.4. The fourth-order valence-electron chi connectivity index (χ4n) is 6.30. The largest absolute Gasteiger partial charge is 0.392 e. The van der Waals surface area contributed by atoms with Gasteiger partial charge in [0.05, 0.1) is 6.10 Å². The lowest BCUT2D eigenvalue weighted by atomic mass is 9.51. The number of carbonyl (C=O) groups excluding carboxylic acids is 2. The first-order valence-electron chi connectivity index (χ1n) is 12.4. The van der Waals surface area contributed by atoms with Crippen molar-refractivity contribution in [1.29, 1.82) is 0 Å². The van der Waals surface area contributed by atoms with Crippen LogP contribution in [0.4, 0.5) is 0 Å². The Hall–Kier alpha value is -2.80. The number of nitrogens with zero attached hydrogens (tertiary/aromatic N) is 2. The number of aliphatic hydroxyl groups excluding tert-OH is 1. The number of amides is 2. The van der Waals surface area contributed by atoms with E-state index >= 15 is 0 Å². The quantitative estimate of drug-likeness (QED) is 0.608. The Balaban J connectivity index is 1.42. The van der Waals surface area contributed by atoms with Gasteiger partial charge < -0.3 is 15.7 Å². The van der Waals surface area contributed by atoms with Gasteiger partial charge in [-0.3, -0.25) is 19.6 Å². The van der Waals surface area contributed by atoms with E-state index in [1.54, 1.807) is 36.9 Å². The maximum atomic E-state index is 12.9. The van der Waals surface area contributed by atoms with E-state index < -0.39 is 6.10 Å². The predicted octanol–water partition coefficient (Wildman–Crippen LogP) is 3.35. The lowest BCUT2D eigenvalue weighted by molar-refractivity contribution is -0.142. The Morgan fingerprint density at radius 2 is 1.88 bits per heavy atom. The first-order chi connectivity index (χ1) is 16.3. The Labute approximate surface area is 201 Å². The topological polar surface area (TPSA) is 104 Å². The van der Waals surface area contributed by atoms with Crippen molar-refractivity contribution < 1.29 is 14.7 Å². The number of aliphatic hydroxyl groups is 1. The number of fused-ring (bicyclic) bond motifs is 1. The molecule has 2 amide bonds. The third kappa shape index (κ3) is 4.99. The molecule has 0 aliphatic heterocycles. The molecular formula is C27H36N4O3.